The van der Waals surface area contributed by atoms with Gasteiger partial charge in [-0.3, -0.25) is 10.4 Å². The van der Waals surface area contributed by atoms with Crippen LogP contribution < -0.4 is 10.5 Å². The summed E-state index contributed by atoms with van der Waals surface area (Å²) in [6, 6.07) is 9.27. The van der Waals surface area contributed by atoms with Gasteiger partial charge >= 0.3 is 0 Å². The SMILES string of the molecule is COc1ccc(C(=N)c2ccc(CN=CCN)cc2S)cn1. The fraction of sp³-hybridized carbons (Fsp3) is 0.188. The highest BCUT2D eigenvalue weighted by atomic mass is 32.1. The van der Waals surface area contributed by atoms with E-state index >= 15 is 0 Å². The van der Waals surface area contributed by atoms with Crippen molar-refractivity contribution in [3.63, 3.8) is 0 Å². The molecular weight excluding hydrogens is 296 g/mol. The van der Waals surface area contributed by atoms with Crippen molar-refractivity contribution in [2.75, 3.05) is 13.7 Å². The smallest absolute Gasteiger partial charge is 0.212 e. The van der Waals surface area contributed by atoms with Crippen molar-refractivity contribution in [1.82, 2.24) is 4.98 Å². The van der Waals surface area contributed by atoms with Crippen LogP contribution in [0.15, 0.2) is 46.4 Å². The van der Waals surface area contributed by atoms with Gasteiger partial charge in [-0.2, -0.15) is 0 Å². The highest BCUT2D eigenvalue weighted by Gasteiger charge is 2.09. The van der Waals surface area contributed by atoms with Gasteiger partial charge in [0.15, 0.2) is 0 Å². The van der Waals surface area contributed by atoms with Gasteiger partial charge in [-0.15, -0.1) is 12.6 Å². The van der Waals surface area contributed by atoms with E-state index < -0.39 is 0 Å². The summed E-state index contributed by atoms with van der Waals surface area (Å²) in [5.74, 6) is 0.524. The van der Waals surface area contributed by atoms with Gasteiger partial charge in [-0.05, 0) is 17.7 Å². The molecule has 1 heterocycles. The molecule has 0 saturated carbocycles. The van der Waals surface area contributed by atoms with Gasteiger partial charge in [0.2, 0.25) is 5.88 Å². The molecule has 0 aliphatic rings. The van der Waals surface area contributed by atoms with Crippen LogP contribution in [0.2, 0.25) is 0 Å². The van der Waals surface area contributed by atoms with E-state index in [0.717, 1.165) is 16.0 Å². The first-order chi connectivity index (χ1) is 10.7. The third kappa shape index (κ3) is 3.93. The Morgan fingerprint density at radius 3 is 2.82 bits per heavy atom. The lowest BCUT2D eigenvalue weighted by molar-refractivity contribution is 0.398. The van der Waals surface area contributed by atoms with Gasteiger partial charge in [0.05, 0.1) is 19.4 Å². The second-order valence-corrected chi connectivity index (χ2v) is 5.06. The van der Waals surface area contributed by atoms with Crippen LogP contribution in [0.4, 0.5) is 0 Å². The maximum absolute atomic E-state index is 8.30. The molecule has 22 heavy (non-hydrogen) atoms. The molecule has 6 heteroatoms. The van der Waals surface area contributed by atoms with Crippen LogP contribution in [0.25, 0.3) is 0 Å². The molecule has 0 radical (unpaired) electrons. The number of rotatable bonds is 6. The molecule has 1 aromatic carbocycles. The Hall–Kier alpha value is -2.18. The predicted molar refractivity (Wildman–Crippen MR) is 91.7 cm³/mol. The molecule has 114 valence electrons. The molecule has 0 unspecified atom stereocenters. The molecule has 0 aliphatic carbocycles. The van der Waals surface area contributed by atoms with Crippen LogP contribution in [-0.4, -0.2) is 30.6 Å². The summed E-state index contributed by atoms with van der Waals surface area (Å²) in [6.07, 6.45) is 3.30. The van der Waals surface area contributed by atoms with Gasteiger partial charge < -0.3 is 10.5 Å². The number of methoxy groups -OCH3 is 1. The van der Waals surface area contributed by atoms with Crippen molar-refractivity contribution in [1.29, 1.82) is 5.41 Å². The number of benzene rings is 1. The van der Waals surface area contributed by atoms with E-state index in [1.807, 2.05) is 18.2 Å². The molecule has 0 spiro atoms. The Kier molecular flexibility index (Phi) is 5.68. The van der Waals surface area contributed by atoms with Crippen LogP contribution in [0.5, 0.6) is 5.88 Å². The normalized spacial score (nSPS) is 10.9. The van der Waals surface area contributed by atoms with E-state index in [2.05, 4.69) is 22.6 Å². The second kappa shape index (κ2) is 7.72. The largest absolute Gasteiger partial charge is 0.481 e. The topological polar surface area (TPSA) is 84.3 Å². The Balaban J connectivity index is 2.20. The number of pyridine rings is 1. The number of aromatic nitrogens is 1. The average Bonchev–Trinajstić information content (AvgIpc) is 2.55. The molecule has 3 N–H and O–H groups in total. The molecule has 1 aromatic heterocycles. The average molecular weight is 314 g/mol. The first kappa shape index (κ1) is 16.2. The first-order valence-electron chi connectivity index (χ1n) is 6.75. The summed E-state index contributed by atoms with van der Waals surface area (Å²) in [5, 5.41) is 8.30. The van der Waals surface area contributed by atoms with Crippen LogP contribution >= 0.6 is 12.6 Å². The number of thiol groups is 1. The van der Waals surface area contributed by atoms with Crippen molar-refractivity contribution < 1.29 is 4.74 Å². The van der Waals surface area contributed by atoms with E-state index in [9.17, 15) is 0 Å². The van der Waals surface area contributed by atoms with Gasteiger partial charge in [0.1, 0.15) is 0 Å². The molecule has 2 aromatic rings. The third-order valence-electron chi connectivity index (χ3n) is 3.07. The van der Waals surface area contributed by atoms with Gasteiger partial charge in [-0.1, -0.05) is 12.1 Å². The zero-order valence-electron chi connectivity index (χ0n) is 12.3. The molecule has 2 rings (SSSR count). The zero-order chi connectivity index (χ0) is 15.9. The monoisotopic (exact) mass is 314 g/mol. The van der Waals surface area contributed by atoms with Crippen LogP contribution in [-0.2, 0) is 6.54 Å². The molecule has 0 bridgehead atoms. The van der Waals surface area contributed by atoms with Crippen LogP contribution in [0, 0.1) is 5.41 Å². The fourth-order valence-electron chi connectivity index (χ4n) is 1.94. The minimum Gasteiger partial charge on any atom is -0.481 e. The first-order valence-corrected chi connectivity index (χ1v) is 7.20. The predicted octanol–water partition coefficient (Wildman–Crippen LogP) is 2.32. The Bertz CT molecular complexity index is 683. The zero-order valence-corrected chi connectivity index (χ0v) is 13.2. The third-order valence-corrected chi connectivity index (χ3v) is 3.44. The molecule has 0 saturated heterocycles. The Morgan fingerprint density at radius 1 is 1.41 bits per heavy atom. The lowest BCUT2D eigenvalue weighted by Gasteiger charge is -2.09. The molecule has 5 nitrogen and oxygen atoms in total. The summed E-state index contributed by atoms with van der Waals surface area (Å²) in [5.41, 5.74) is 8.23. The number of hydrogen-bond donors (Lipinski definition) is 3. The number of hydrogen-bond acceptors (Lipinski definition) is 6. The number of aliphatic imine (C=N–C) groups is 1. The molecule has 0 amide bonds. The summed E-state index contributed by atoms with van der Waals surface area (Å²) < 4.78 is 5.02. The molecule has 0 aliphatic heterocycles. The lowest BCUT2D eigenvalue weighted by atomic mass is 10.0. The van der Waals surface area contributed by atoms with Crippen molar-refractivity contribution in [3.05, 3.63) is 53.2 Å². The lowest BCUT2D eigenvalue weighted by Crippen LogP contribution is -2.04. The molecule has 0 atom stereocenters. The van der Waals surface area contributed by atoms with E-state index in [4.69, 9.17) is 15.9 Å². The highest BCUT2D eigenvalue weighted by molar-refractivity contribution is 7.80. The minimum absolute atomic E-state index is 0.372. The summed E-state index contributed by atoms with van der Waals surface area (Å²) >= 11 is 4.48. The van der Waals surface area contributed by atoms with E-state index in [1.54, 1.807) is 31.7 Å². The van der Waals surface area contributed by atoms with Gasteiger partial charge in [-0.25, -0.2) is 4.98 Å². The second-order valence-electron chi connectivity index (χ2n) is 4.57. The van der Waals surface area contributed by atoms with Crippen molar-refractivity contribution in [3.8, 4) is 5.88 Å². The number of ether oxygens (including phenoxy) is 1. The number of nitrogens with two attached hydrogens (primary N) is 1. The Morgan fingerprint density at radius 2 is 2.23 bits per heavy atom. The Labute approximate surface area is 135 Å². The van der Waals surface area contributed by atoms with E-state index in [1.165, 1.54) is 0 Å². The summed E-state index contributed by atoms with van der Waals surface area (Å²) in [6.45, 7) is 0.989. The van der Waals surface area contributed by atoms with E-state index in [0.29, 0.717) is 30.2 Å². The molecule has 0 fully saturated rings. The van der Waals surface area contributed by atoms with Crippen molar-refractivity contribution >= 4 is 24.6 Å². The van der Waals surface area contributed by atoms with Crippen molar-refractivity contribution in [2.45, 2.75) is 11.4 Å². The van der Waals surface area contributed by atoms with Crippen LogP contribution in [0.1, 0.15) is 16.7 Å². The number of nitrogens with zero attached hydrogens (tertiary/aromatic N) is 2. The summed E-state index contributed by atoms with van der Waals surface area (Å²) in [4.78, 5) is 9.05. The number of nitrogens with one attached hydrogen (secondary N) is 1. The maximum atomic E-state index is 8.30. The highest BCUT2D eigenvalue weighted by Crippen LogP contribution is 2.20. The van der Waals surface area contributed by atoms with E-state index in [-0.39, 0.29) is 0 Å². The van der Waals surface area contributed by atoms with Crippen LogP contribution in [0.3, 0.4) is 0 Å². The quantitative estimate of drug-likeness (QED) is 0.565. The standard InChI is InChI=1S/C16H18N4OS/c1-21-15-5-3-12(10-20-15)16(18)13-4-2-11(8-14(13)22)9-19-7-6-17/h2-5,7-8,10,18,22H,6,9,17H2,1H3. The maximum Gasteiger partial charge on any atom is 0.212 e. The molecular formula is C16H18N4OS. The van der Waals surface area contributed by atoms with Gasteiger partial charge in [0, 0.05) is 41.0 Å². The summed E-state index contributed by atoms with van der Waals surface area (Å²) in [7, 11) is 1.56. The van der Waals surface area contributed by atoms with Gasteiger partial charge in [0.25, 0.3) is 0 Å². The van der Waals surface area contributed by atoms with Crippen molar-refractivity contribution in [2.24, 2.45) is 10.7 Å². The minimum atomic E-state index is 0.372. The fourth-order valence-corrected chi connectivity index (χ4v) is 2.29.